The number of aliphatic hydroxyl groups excluding tert-OH is 1. The summed E-state index contributed by atoms with van der Waals surface area (Å²) in [6, 6.07) is 10.6. The van der Waals surface area contributed by atoms with Gasteiger partial charge in [0.2, 0.25) is 0 Å². The number of benzene rings is 2. The van der Waals surface area contributed by atoms with Crippen LogP contribution in [0.4, 0.5) is 4.39 Å². The van der Waals surface area contributed by atoms with E-state index in [-0.39, 0.29) is 18.5 Å². The van der Waals surface area contributed by atoms with Gasteiger partial charge in [-0.15, -0.1) is 0 Å². The van der Waals surface area contributed by atoms with Crippen LogP contribution in [-0.4, -0.2) is 12.2 Å². The van der Waals surface area contributed by atoms with Crippen LogP contribution in [0.2, 0.25) is 0 Å². The predicted octanol–water partition coefficient (Wildman–Crippen LogP) is 3.39. The highest BCUT2D eigenvalue weighted by molar-refractivity contribution is 5.40. The van der Waals surface area contributed by atoms with Crippen molar-refractivity contribution in [3.63, 3.8) is 0 Å². The number of ether oxygens (including phenoxy) is 2. The first-order chi connectivity index (χ1) is 10.2. The first-order valence-corrected chi connectivity index (χ1v) is 6.94. The predicted molar refractivity (Wildman–Crippen MR) is 77.0 cm³/mol. The highest BCUT2D eigenvalue weighted by Gasteiger charge is 2.20. The molecule has 2 aromatic rings. The van der Waals surface area contributed by atoms with Gasteiger partial charge in [-0.2, -0.15) is 0 Å². The molecule has 4 heteroatoms. The van der Waals surface area contributed by atoms with E-state index in [0.29, 0.717) is 11.3 Å². The first kappa shape index (κ1) is 13.9. The summed E-state index contributed by atoms with van der Waals surface area (Å²) in [4.78, 5) is 0. The lowest BCUT2D eigenvalue weighted by Gasteiger charge is -2.11. The molecular weight excluding hydrogens is 271 g/mol. The van der Waals surface area contributed by atoms with Crippen molar-refractivity contribution in [2.24, 2.45) is 0 Å². The van der Waals surface area contributed by atoms with Crippen LogP contribution in [-0.2, 0) is 13.0 Å². The fraction of sp³-hybridized carbons (Fsp3) is 0.294. The summed E-state index contributed by atoms with van der Waals surface area (Å²) < 4.78 is 24.6. The molecule has 3 nitrogen and oxygen atoms in total. The molecule has 0 amide bonds. The Hall–Kier alpha value is -2.07. The molecule has 1 atom stereocenters. The third kappa shape index (κ3) is 2.72. The summed E-state index contributed by atoms with van der Waals surface area (Å²) in [5.74, 6) is 0.509. The molecule has 0 spiro atoms. The monoisotopic (exact) mass is 288 g/mol. The normalized spacial score (nSPS) is 16.6. The van der Waals surface area contributed by atoms with Crippen molar-refractivity contribution >= 4 is 0 Å². The second kappa shape index (κ2) is 5.74. The maximum Gasteiger partial charge on any atom is 0.171 e. The summed E-state index contributed by atoms with van der Waals surface area (Å²) >= 11 is 0. The lowest BCUT2D eigenvalue weighted by atomic mass is 10.1. The number of halogens is 1. The lowest BCUT2D eigenvalue weighted by Crippen LogP contribution is -2.01. The number of rotatable bonds is 4. The number of methoxy groups -OCH3 is 1. The Morgan fingerprint density at radius 2 is 2.14 bits per heavy atom. The van der Waals surface area contributed by atoms with E-state index in [1.165, 1.54) is 7.11 Å². The molecule has 0 heterocycles. The fourth-order valence-electron chi connectivity index (χ4n) is 2.65. The van der Waals surface area contributed by atoms with Gasteiger partial charge in [0.25, 0.3) is 0 Å². The van der Waals surface area contributed by atoms with Crippen molar-refractivity contribution in [1.82, 2.24) is 0 Å². The van der Waals surface area contributed by atoms with E-state index in [1.54, 1.807) is 18.2 Å². The Morgan fingerprint density at radius 3 is 2.95 bits per heavy atom. The number of fused-ring (bicyclic) bond motifs is 1. The van der Waals surface area contributed by atoms with E-state index < -0.39 is 5.82 Å². The molecule has 21 heavy (non-hydrogen) atoms. The van der Waals surface area contributed by atoms with Crippen LogP contribution in [0, 0.1) is 5.82 Å². The summed E-state index contributed by atoms with van der Waals surface area (Å²) in [7, 11) is 1.44. The molecule has 1 aliphatic carbocycles. The van der Waals surface area contributed by atoms with E-state index in [9.17, 15) is 9.50 Å². The summed E-state index contributed by atoms with van der Waals surface area (Å²) in [6.45, 7) is 0.143. The Balaban J connectivity index is 1.74. The van der Waals surface area contributed by atoms with Crippen LogP contribution >= 0.6 is 0 Å². The molecule has 0 saturated carbocycles. The molecule has 0 saturated heterocycles. The van der Waals surface area contributed by atoms with Crippen LogP contribution in [0.1, 0.15) is 29.2 Å². The zero-order valence-corrected chi connectivity index (χ0v) is 11.8. The Bertz CT molecular complexity index is 654. The molecule has 0 aromatic heterocycles. The Kier molecular flexibility index (Phi) is 3.80. The van der Waals surface area contributed by atoms with Crippen molar-refractivity contribution in [3.8, 4) is 11.5 Å². The topological polar surface area (TPSA) is 38.7 Å². The Labute approximate surface area is 122 Å². The van der Waals surface area contributed by atoms with Gasteiger partial charge in [-0.1, -0.05) is 18.2 Å². The maximum absolute atomic E-state index is 14.0. The molecule has 0 aliphatic heterocycles. The van der Waals surface area contributed by atoms with Gasteiger partial charge >= 0.3 is 0 Å². The minimum Gasteiger partial charge on any atom is -0.494 e. The van der Waals surface area contributed by atoms with Crippen LogP contribution < -0.4 is 9.47 Å². The molecule has 1 N–H and O–H groups in total. The zero-order valence-electron chi connectivity index (χ0n) is 11.8. The van der Waals surface area contributed by atoms with Gasteiger partial charge in [-0.25, -0.2) is 4.39 Å². The molecule has 1 unspecified atom stereocenters. The van der Waals surface area contributed by atoms with Crippen molar-refractivity contribution in [2.45, 2.75) is 25.6 Å². The lowest BCUT2D eigenvalue weighted by molar-refractivity contribution is 0.180. The maximum atomic E-state index is 14.0. The molecule has 3 rings (SSSR count). The van der Waals surface area contributed by atoms with Crippen molar-refractivity contribution < 1.29 is 19.0 Å². The second-order valence-corrected chi connectivity index (χ2v) is 5.14. The number of aliphatic hydroxyl groups is 1. The first-order valence-electron chi connectivity index (χ1n) is 6.94. The van der Waals surface area contributed by atoms with E-state index >= 15 is 0 Å². The standard InChI is InChI=1S/C17H17FO3/c1-20-16-4-2-3-12(17(16)18)10-21-13-6-7-14-11(9-13)5-8-15(14)19/h2-4,6-7,9,15,19H,5,8,10H2,1H3. The van der Waals surface area contributed by atoms with Gasteiger partial charge in [0, 0.05) is 5.56 Å². The van der Waals surface area contributed by atoms with Gasteiger partial charge in [0.1, 0.15) is 12.4 Å². The number of hydrogen-bond acceptors (Lipinski definition) is 3. The van der Waals surface area contributed by atoms with Crippen LogP contribution in [0.5, 0.6) is 11.5 Å². The summed E-state index contributed by atoms with van der Waals surface area (Å²) in [6.07, 6.45) is 1.23. The van der Waals surface area contributed by atoms with Crippen LogP contribution in [0.25, 0.3) is 0 Å². The van der Waals surface area contributed by atoms with Gasteiger partial charge in [-0.3, -0.25) is 0 Å². The van der Waals surface area contributed by atoms with E-state index in [0.717, 1.165) is 24.0 Å². The fourth-order valence-corrected chi connectivity index (χ4v) is 2.65. The van der Waals surface area contributed by atoms with Gasteiger partial charge < -0.3 is 14.6 Å². The average molecular weight is 288 g/mol. The SMILES string of the molecule is COc1cccc(COc2ccc3c(c2)CCC3O)c1F. The minimum absolute atomic E-state index is 0.143. The minimum atomic E-state index is -0.392. The second-order valence-electron chi connectivity index (χ2n) is 5.14. The van der Waals surface area contributed by atoms with Gasteiger partial charge in [-0.05, 0) is 42.2 Å². The highest BCUT2D eigenvalue weighted by Crippen LogP contribution is 2.33. The van der Waals surface area contributed by atoms with Crippen LogP contribution in [0.3, 0.4) is 0 Å². The molecule has 110 valence electrons. The smallest absolute Gasteiger partial charge is 0.171 e. The molecule has 0 fully saturated rings. The Morgan fingerprint density at radius 1 is 1.29 bits per heavy atom. The van der Waals surface area contributed by atoms with Crippen molar-refractivity contribution in [3.05, 3.63) is 58.9 Å². The van der Waals surface area contributed by atoms with Crippen molar-refractivity contribution in [2.75, 3.05) is 7.11 Å². The average Bonchev–Trinajstić information content (AvgIpc) is 2.87. The largest absolute Gasteiger partial charge is 0.494 e. The quantitative estimate of drug-likeness (QED) is 0.937. The molecular formula is C17H17FO3. The van der Waals surface area contributed by atoms with Gasteiger partial charge in [0.15, 0.2) is 11.6 Å². The molecule has 1 aliphatic rings. The van der Waals surface area contributed by atoms with E-state index in [2.05, 4.69) is 0 Å². The number of hydrogen-bond donors (Lipinski definition) is 1. The van der Waals surface area contributed by atoms with E-state index in [1.807, 2.05) is 18.2 Å². The third-order valence-electron chi connectivity index (χ3n) is 3.82. The van der Waals surface area contributed by atoms with Crippen LogP contribution in [0.15, 0.2) is 36.4 Å². The summed E-state index contributed by atoms with van der Waals surface area (Å²) in [5.41, 5.74) is 2.52. The molecule has 0 radical (unpaired) electrons. The molecule has 0 bridgehead atoms. The van der Waals surface area contributed by atoms with E-state index in [4.69, 9.17) is 9.47 Å². The van der Waals surface area contributed by atoms with Crippen molar-refractivity contribution in [1.29, 1.82) is 0 Å². The van der Waals surface area contributed by atoms with Gasteiger partial charge in [0.05, 0.1) is 13.2 Å². The number of aryl methyl sites for hydroxylation is 1. The summed E-state index contributed by atoms with van der Waals surface area (Å²) in [5, 5.41) is 9.77. The zero-order chi connectivity index (χ0) is 14.8. The third-order valence-corrected chi connectivity index (χ3v) is 3.82. The highest BCUT2D eigenvalue weighted by atomic mass is 19.1. The molecule has 2 aromatic carbocycles.